The lowest BCUT2D eigenvalue weighted by Gasteiger charge is -2.34. The topological polar surface area (TPSA) is 18.5 Å². The van der Waals surface area contributed by atoms with Crippen LogP contribution >= 0.6 is 0 Å². The third kappa shape index (κ3) is 8.10. The zero-order valence-corrected chi connectivity index (χ0v) is 13.0. The van der Waals surface area contributed by atoms with Gasteiger partial charge in [0, 0.05) is 20.0 Å². The van der Waals surface area contributed by atoms with Gasteiger partial charge < -0.3 is 9.47 Å². The van der Waals surface area contributed by atoms with E-state index in [2.05, 4.69) is 27.7 Å². The summed E-state index contributed by atoms with van der Waals surface area (Å²) in [4.78, 5) is 0. The molecule has 0 amide bonds. The first-order valence-electron chi connectivity index (χ1n) is 7.62. The van der Waals surface area contributed by atoms with Gasteiger partial charge in [0.1, 0.15) is 0 Å². The van der Waals surface area contributed by atoms with Gasteiger partial charge in [-0.3, -0.25) is 0 Å². The van der Waals surface area contributed by atoms with Crippen molar-refractivity contribution in [1.82, 2.24) is 0 Å². The maximum atomic E-state index is 6.05. The van der Waals surface area contributed by atoms with Crippen LogP contribution < -0.4 is 0 Å². The van der Waals surface area contributed by atoms with Crippen molar-refractivity contribution in [3.63, 3.8) is 0 Å². The van der Waals surface area contributed by atoms with Crippen molar-refractivity contribution < 1.29 is 9.47 Å². The maximum Gasteiger partial charge on any atom is 0.168 e. The minimum absolute atomic E-state index is 0.213. The van der Waals surface area contributed by atoms with Gasteiger partial charge in [0.2, 0.25) is 0 Å². The monoisotopic (exact) mass is 257 g/mol. The number of hydrogen-bond acceptors (Lipinski definition) is 2. The Morgan fingerprint density at radius 3 is 2.11 bits per heavy atom. The van der Waals surface area contributed by atoms with Crippen LogP contribution in [0.3, 0.4) is 0 Å². The summed E-state index contributed by atoms with van der Waals surface area (Å²) in [7, 11) is 1.78. The van der Waals surface area contributed by atoms with E-state index in [1.54, 1.807) is 7.11 Å². The Bertz CT molecular complexity index is 180. The van der Waals surface area contributed by atoms with Crippen LogP contribution in [0.2, 0.25) is 0 Å². The Morgan fingerprint density at radius 1 is 1.00 bits per heavy atom. The molecule has 1 unspecified atom stereocenters. The van der Waals surface area contributed by atoms with Gasteiger partial charge in [-0.2, -0.15) is 0 Å². The lowest BCUT2D eigenvalue weighted by atomic mass is 10.00. The van der Waals surface area contributed by atoms with Crippen LogP contribution in [0.15, 0.2) is 0 Å². The lowest BCUT2D eigenvalue weighted by Crippen LogP contribution is -2.37. The molecule has 0 fully saturated rings. The first kappa shape index (κ1) is 17.9. The fraction of sp³-hybridized carbons (Fsp3) is 0.938. The standard InChI is InChI=1S/C16H33O2/c1-6-8-10-11-12-14-16(17-5,13-9-7-2)18-15(3)4/h15H,2,6-14H2,1,3-5H3. The van der Waals surface area contributed by atoms with E-state index in [9.17, 15) is 0 Å². The molecule has 0 saturated heterocycles. The number of rotatable bonds is 12. The molecule has 0 spiro atoms. The van der Waals surface area contributed by atoms with Gasteiger partial charge in [-0.1, -0.05) is 46.0 Å². The molecule has 0 saturated carbocycles. The Balaban J connectivity index is 4.16. The largest absolute Gasteiger partial charge is 0.353 e. The second kappa shape index (κ2) is 10.8. The minimum atomic E-state index is -0.377. The lowest BCUT2D eigenvalue weighted by molar-refractivity contribution is -0.248. The molecule has 1 radical (unpaired) electrons. The fourth-order valence-corrected chi connectivity index (χ4v) is 2.32. The minimum Gasteiger partial charge on any atom is -0.353 e. The summed E-state index contributed by atoms with van der Waals surface area (Å²) in [5.41, 5.74) is 0. The molecule has 2 heteroatoms. The highest BCUT2D eigenvalue weighted by Crippen LogP contribution is 2.28. The third-order valence-electron chi connectivity index (χ3n) is 3.29. The Morgan fingerprint density at radius 2 is 1.61 bits per heavy atom. The molecule has 0 bridgehead atoms. The van der Waals surface area contributed by atoms with Crippen molar-refractivity contribution >= 4 is 0 Å². The van der Waals surface area contributed by atoms with E-state index >= 15 is 0 Å². The van der Waals surface area contributed by atoms with E-state index in [1.165, 1.54) is 32.1 Å². The molecule has 1 atom stereocenters. The van der Waals surface area contributed by atoms with Gasteiger partial charge in [-0.25, -0.2) is 0 Å². The highest BCUT2D eigenvalue weighted by atomic mass is 16.7. The first-order chi connectivity index (χ1) is 8.60. The molecular weight excluding hydrogens is 224 g/mol. The highest BCUT2D eigenvalue weighted by Gasteiger charge is 2.30. The van der Waals surface area contributed by atoms with Crippen molar-refractivity contribution in [2.75, 3.05) is 7.11 Å². The molecular formula is C16H33O2. The highest BCUT2D eigenvalue weighted by molar-refractivity contribution is 4.71. The molecule has 0 heterocycles. The van der Waals surface area contributed by atoms with Gasteiger partial charge in [0.15, 0.2) is 5.79 Å². The molecule has 0 N–H and O–H groups in total. The second-order valence-corrected chi connectivity index (χ2v) is 5.40. The summed E-state index contributed by atoms with van der Waals surface area (Å²) >= 11 is 0. The van der Waals surface area contributed by atoms with Crippen molar-refractivity contribution in [1.29, 1.82) is 0 Å². The number of methoxy groups -OCH3 is 1. The van der Waals surface area contributed by atoms with E-state index in [0.29, 0.717) is 0 Å². The zero-order valence-electron chi connectivity index (χ0n) is 13.0. The van der Waals surface area contributed by atoms with Crippen LogP contribution in [0.4, 0.5) is 0 Å². The Hall–Kier alpha value is -0.0800. The van der Waals surface area contributed by atoms with Gasteiger partial charge >= 0.3 is 0 Å². The Kier molecular flexibility index (Phi) is 10.8. The van der Waals surface area contributed by atoms with Crippen molar-refractivity contribution in [3.8, 4) is 0 Å². The van der Waals surface area contributed by atoms with Crippen molar-refractivity contribution in [2.24, 2.45) is 0 Å². The molecule has 0 aromatic heterocycles. The summed E-state index contributed by atoms with van der Waals surface area (Å²) < 4.78 is 11.8. The summed E-state index contributed by atoms with van der Waals surface area (Å²) in [5.74, 6) is -0.377. The van der Waals surface area contributed by atoms with E-state index in [0.717, 1.165) is 25.7 Å². The number of ether oxygens (including phenoxy) is 2. The molecule has 109 valence electrons. The summed E-state index contributed by atoms with van der Waals surface area (Å²) in [5, 5.41) is 0. The third-order valence-corrected chi connectivity index (χ3v) is 3.29. The predicted octanol–water partition coefficient (Wildman–Crippen LogP) is 5.12. The quantitative estimate of drug-likeness (QED) is 0.357. The van der Waals surface area contributed by atoms with Crippen LogP contribution in [-0.4, -0.2) is 19.0 Å². The van der Waals surface area contributed by atoms with Crippen LogP contribution in [-0.2, 0) is 9.47 Å². The second-order valence-electron chi connectivity index (χ2n) is 5.40. The van der Waals surface area contributed by atoms with Crippen LogP contribution in [0.1, 0.15) is 78.6 Å². The first-order valence-corrected chi connectivity index (χ1v) is 7.62. The van der Waals surface area contributed by atoms with Gasteiger partial charge in [0.25, 0.3) is 0 Å². The molecule has 0 aromatic rings. The molecule has 0 aliphatic carbocycles. The van der Waals surface area contributed by atoms with Crippen LogP contribution in [0.25, 0.3) is 0 Å². The van der Waals surface area contributed by atoms with E-state index in [-0.39, 0.29) is 11.9 Å². The average Bonchev–Trinajstić information content (AvgIpc) is 2.35. The van der Waals surface area contributed by atoms with Gasteiger partial charge in [-0.05, 0) is 26.7 Å². The molecule has 0 rings (SSSR count). The van der Waals surface area contributed by atoms with Crippen LogP contribution in [0, 0.1) is 6.92 Å². The molecule has 18 heavy (non-hydrogen) atoms. The maximum absolute atomic E-state index is 6.05. The fourth-order valence-electron chi connectivity index (χ4n) is 2.32. The summed E-state index contributed by atoms with van der Waals surface area (Å²) in [6, 6.07) is 0. The molecule has 0 aliphatic rings. The normalized spacial score (nSPS) is 15.0. The SMILES string of the molecule is [CH2]CCCC(CCCCCCC)(OC)OC(C)C. The Labute approximate surface area is 114 Å². The average molecular weight is 257 g/mol. The molecule has 2 nitrogen and oxygen atoms in total. The number of hydrogen-bond donors (Lipinski definition) is 0. The van der Waals surface area contributed by atoms with E-state index in [4.69, 9.17) is 9.47 Å². The van der Waals surface area contributed by atoms with Gasteiger partial charge in [0.05, 0.1) is 6.10 Å². The van der Waals surface area contributed by atoms with Crippen LogP contribution in [0.5, 0.6) is 0 Å². The van der Waals surface area contributed by atoms with Crippen molar-refractivity contribution in [2.45, 2.75) is 90.4 Å². The predicted molar refractivity (Wildman–Crippen MR) is 78.5 cm³/mol. The van der Waals surface area contributed by atoms with Gasteiger partial charge in [-0.15, -0.1) is 0 Å². The smallest absolute Gasteiger partial charge is 0.168 e. The molecule has 0 aliphatic heterocycles. The zero-order chi connectivity index (χ0) is 13.9. The van der Waals surface area contributed by atoms with E-state index < -0.39 is 0 Å². The summed E-state index contributed by atoms with van der Waals surface area (Å²) in [6.07, 6.45) is 10.6. The van der Waals surface area contributed by atoms with E-state index in [1.807, 2.05) is 0 Å². The van der Waals surface area contributed by atoms with Crippen molar-refractivity contribution in [3.05, 3.63) is 6.92 Å². The summed E-state index contributed by atoms with van der Waals surface area (Å²) in [6.45, 7) is 10.3. The molecule has 0 aromatic carbocycles. The number of unbranched alkanes of at least 4 members (excludes halogenated alkanes) is 5.